The number of sulfonamides is 1. The first kappa shape index (κ1) is 14.8. The molecule has 0 aromatic heterocycles. The monoisotopic (exact) mass is 378 g/mol. The summed E-state index contributed by atoms with van der Waals surface area (Å²) in [6.07, 6.45) is 2.75. The summed E-state index contributed by atoms with van der Waals surface area (Å²) in [5.74, 6) is 0. The number of benzene rings is 1. The van der Waals surface area contributed by atoms with Gasteiger partial charge in [0, 0.05) is 23.1 Å². The topological polar surface area (TPSA) is 49.4 Å². The number of nitrogens with one attached hydrogen (secondary N) is 1. The average Bonchev–Trinajstić information content (AvgIpc) is 3.07. The summed E-state index contributed by atoms with van der Waals surface area (Å²) in [4.78, 5) is 0.201. The Morgan fingerprint density at radius 3 is 2.60 bits per heavy atom. The van der Waals surface area contributed by atoms with Crippen LogP contribution in [0.4, 0.5) is 0 Å². The van der Waals surface area contributed by atoms with E-state index in [4.69, 9.17) is 11.6 Å². The maximum absolute atomic E-state index is 13.0. The van der Waals surface area contributed by atoms with Crippen LogP contribution in [-0.2, 0) is 10.0 Å². The van der Waals surface area contributed by atoms with Gasteiger partial charge in [-0.1, -0.05) is 17.7 Å². The van der Waals surface area contributed by atoms with Crippen molar-refractivity contribution in [2.45, 2.75) is 36.2 Å². The van der Waals surface area contributed by atoms with Crippen molar-refractivity contribution in [3.63, 3.8) is 0 Å². The first-order valence-corrected chi connectivity index (χ1v) is 9.31. The van der Waals surface area contributed by atoms with Crippen molar-refractivity contribution in [3.05, 3.63) is 27.7 Å². The van der Waals surface area contributed by atoms with Gasteiger partial charge in [0.1, 0.15) is 4.90 Å². The maximum Gasteiger partial charge on any atom is 0.245 e. The molecule has 1 saturated carbocycles. The molecule has 110 valence electrons. The Labute approximate surface area is 132 Å². The molecule has 2 aliphatic rings. The molecule has 0 bridgehead atoms. The van der Waals surface area contributed by atoms with Crippen molar-refractivity contribution < 1.29 is 8.42 Å². The molecule has 1 heterocycles. The molecule has 1 N–H and O–H groups in total. The third-order valence-corrected chi connectivity index (χ3v) is 7.23. The minimum Gasteiger partial charge on any atom is -0.315 e. The molecule has 0 radical (unpaired) electrons. The highest BCUT2D eigenvalue weighted by Gasteiger charge is 2.44. The first-order chi connectivity index (χ1) is 9.51. The van der Waals surface area contributed by atoms with E-state index in [1.165, 1.54) is 0 Å². The Kier molecular flexibility index (Phi) is 4.12. The molecule has 1 aliphatic heterocycles. The second kappa shape index (κ2) is 5.57. The van der Waals surface area contributed by atoms with Crippen molar-refractivity contribution in [2.24, 2.45) is 0 Å². The number of hydrogen-bond acceptors (Lipinski definition) is 3. The molecule has 1 unspecified atom stereocenters. The largest absolute Gasteiger partial charge is 0.315 e. The van der Waals surface area contributed by atoms with Crippen LogP contribution in [0, 0.1) is 0 Å². The van der Waals surface area contributed by atoms with Gasteiger partial charge >= 0.3 is 0 Å². The van der Waals surface area contributed by atoms with Gasteiger partial charge in [-0.15, -0.1) is 0 Å². The molecule has 1 aromatic carbocycles. The van der Waals surface area contributed by atoms with Crippen molar-refractivity contribution >= 4 is 37.6 Å². The summed E-state index contributed by atoms with van der Waals surface area (Å²) in [5, 5.41) is 3.50. The van der Waals surface area contributed by atoms with Crippen LogP contribution < -0.4 is 5.32 Å². The molecular formula is C13H16BrClN2O2S. The van der Waals surface area contributed by atoms with Gasteiger partial charge in [-0.25, -0.2) is 8.42 Å². The fourth-order valence-electron chi connectivity index (χ4n) is 2.67. The van der Waals surface area contributed by atoms with Gasteiger partial charge in [0.25, 0.3) is 0 Å². The highest BCUT2D eigenvalue weighted by Crippen LogP contribution is 2.38. The predicted molar refractivity (Wildman–Crippen MR) is 82.5 cm³/mol. The standard InChI is InChI=1S/C13H16BrClN2O2S/c14-11-2-1-3-12(13(11)15)20(18,19)17(9-4-5-9)10-6-7-16-8-10/h1-3,9-10,16H,4-8H2. The Hall–Kier alpha value is -0.140. The number of rotatable bonds is 4. The number of halogens is 2. The van der Waals surface area contributed by atoms with Crippen LogP contribution in [0.5, 0.6) is 0 Å². The van der Waals surface area contributed by atoms with E-state index in [9.17, 15) is 8.42 Å². The second-order valence-corrected chi connectivity index (χ2v) is 8.31. The SMILES string of the molecule is O=S(=O)(c1cccc(Br)c1Cl)N(C1CC1)C1CCNC1. The minimum absolute atomic E-state index is 0.0440. The van der Waals surface area contributed by atoms with Gasteiger partial charge in [-0.05, 0) is 53.9 Å². The number of hydrogen-bond donors (Lipinski definition) is 1. The molecule has 1 atom stereocenters. The molecule has 1 saturated heterocycles. The van der Waals surface area contributed by atoms with Crippen molar-refractivity contribution in [1.82, 2.24) is 9.62 Å². The van der Waals surface area contributed by atoms with Crippen LogP contribution in [0.3, 0.4) is 0 Å². The first-order valence-electron chi connectivity index (χ1n) is 6.70. The van der Waals surface area contributed by atoms with Gasteiger partial charge in [0.2, 0.25) is 10.0 Å². The molecule has 20 heavy (non-hydrogen) atoms. The minimum atomic E-state index is -3.54. The van der Waals surface area contributed by atoms with Crippen molar-refractivity contribution in [3.8, 4) is 0 Å². The molecule has 1 aromatic rings. The molecule has 7 heteroatoms. The molecule has 4 nitrogen and oxygen atoms in total. The quantitative estimate of drug-likeness (QED) is 0.875. The van der Waals surface area contributed by atoms with Crippen LogP contribution in [0.2, 0.25) is 5.02 Å². The fraction of sp³-hybridized carbons (Fsp3) is 0.538. The third-order valence-electron chi connectivity index (χ3n) is 3.77. The Bertz CT molecular complexity index is 613. The van der Waals surface area contributed by atoms with E-state index < -0.39 is 10.0 Å². The van der Waals surface area contributed by atoms with Gasteiger partial charge in [-0.3, -0.25) is 0 Å². The molecular weight excluding hydrogens is 364 g/mol. The predicted octanol–water partition coefficient (Wildman–Crippen LogP) is 2.62. The molecule has 0 spiro atoms. The Morgan fingerprint density at radius 1 is 1.25 bits per heavy atom. The highest BCUT2D eigenvalue weighted by molar-refractivity contribution is 9.10. The van der Waals surface area contributed by atoms with Crippen LogP contribution in [0.25, 0.3) is 0 Å². The summed E-state index contributed by atoms with van der Waals surface area (Å²) in [7, 11) is -3.54. The third kappa shape index (κ3) is 2.64. The van der Waals surface area contributed by atoms with Crippen LogP contribution >= 0.6 is 27.5 Å². The maximum atomic E-state index is 13.0. The van der Waals surface area contributed by atoms with Crippen molar-refractivity contribution in [1.29, 1.82) is 0 Å². The van der Waals surface area contributed by atoms with E-state index in [0.717, 1.165) is 32.4 Å². The van der Waals surface area contributed by atoms with Gasteiger partial charge in [0.15, 0.2) is 0 Å². The van der Waals surface area contributed by atoms with Gasteiger partial charge < -0.3 is 5.32 Å². The lowest BCUT2D eigenvalue weighted by atomic mass is 10.2. The lowest BCUT2D eigenvalue weighted by Gasteiger charge is -2.28. The molecule has 0 amide bonds. The smallest absolute Gasteiger partial charge is 0.245 e. The molecule has 2 fully saturated rings. The van der Waals surface area contributed by atoms with E-state index in [1.807, 2.05) is 0 Å². The number of nitrogens with zero attached hydrogens (tertiary/aromatic N) is 1. The van der Waals surface area contributed by atoms with E-state index in [1.54, 1.807) is 22.5 Å². The summed E-state index contributed by atoms with van der Waals surface area (Å²) in [6.45, 7) is 1.59. The summed E-state index contributed by atoms with van der Waals surface area (Å²) < 4.78 is 28.2. The fourth-order valence-corrected chi connectivity index (χ4v) is 5.58. The molecule has 3 rings (SSSR count). The second-order valence-electron chi connectivity index (χ2n) is 5.26. The lowest BCUT2D eigenvalue weighted by Crippen LogP contribution is -2.43. The Balaban J connectivity index is 2.02. The average molecular weight is 380 g/mol. The van der Waals surface area contributed by atoms with Crippen LogP contribution in [0.1, 0.15) is 19.3 Å². The summed E-state index contributed by atoms with van der Waals surface area (Å²) >= 11 is 9.48. The zero-order valence-electron chi connectivity index (χ0n) is 10.9. The molecule has 1 aliphatic carbocycles. The zero-order valence-corrected chi connectivity index (χ0v) is 14.0. The summed E-state index contributed by atoms with van der Waals surface area (Å²) in [5.41, 5.74) is 0. The highest BCUT2D eigenvalue weighted by atomic mass is 79.9. The normalized spacial score (nSPS) is 23.4. The lowest BCUT2D eigenvalue weighted by molar-refractivity contribution is 0.327. The van der Waals surface area contributed by atoms with Crippen LogP contribution in [-0.4, -0.2) is 37.9 Å². The summed E-state index contributed by atoms with van der Waals surface area (Å²) in [6, 6.07) is 5.23. The van der Waals surface area contributed by atoms with Gasteiger partial charge in [0.05, 0.1) is 5.02 Å². The zero-order chi connectivity index (χ0) is 14.3. The van der Waals surface area contributed by atoms with E-state index >= 15 is 0 Å². The van der Waals surface area contributed by atoms with Crippen molar-refractivity contribution in [2.75, 3.05) is 13.1 Å². The Morgan fingerprint density at radius 2 is 2.00 bits per heavy atom. The van der Waals surface area contributed by atoms with E-state index in [0.29, 0.717) is 4.47 Å². The van der Waals surface area contributed by atoms with E-state index in [2.05, 4.69) is 21.2 Å². The van der Waals surface area contributed by atoms with Crippen LogP contribution in [0.15, 0.2) is 27.6 Å². The van der Waals surface area contributed by atoms with E-state index in [-0.39, 0.29) is 22.0 Å². The van der Waals surface area contributed by atoms with Gasteiger partial charge in [-0.2, -0.15) is 4.31 Å².